The number of hydrogen-bond acceptors (Lipinski definition) is 4. The lowest BCUT2D eigenvalue weighted by molar-refractivity contribution is -0.116. The highest BCUT2D eigenvalue weighted by atomic mass is 32.2. The quantitative estimate of drug-likeness (QED) is 0.782. The van der Waals surface area contributed by atoms with Crippen LogP contribution in [0.4, 0.5) is 11.4 Å². The largest absolute Gasteiger partial charge is 0.326 e. The first kappa shape index (κ1) is 20.6. The van der Waals surface area contributed by atoms with E-state index < -0.39 is 10.0 Å². The summed E-state index contributed by atoms with van der Waals surface area (Å²) in [5.41, 5.74) is 2.54. The molecule has 7 nitrogen and oxygen atoms in total. The SMILES string of the molecule is O=C1CCc2cc(C(=O)Nc3cccc(S(=O)(=O)N4CCCCCC4)c3)ccc2N1. The highest BCUT2D eigenvalue weighted by Crippen LogP contribution is 2.25. The zero-order valence-electron chi connectivity index (χ0n) is 16.7. The molecule has 2 aliphatic rings. The van der Waals surface area contributed by atoms with E-state index in [9.17, 15) is 18.0 Å². The Balaban J connectivity index is 1.52. The molecule has 2 aromatic carbocycles. The maximum atomic E-state index is 13.0. The maximum absolute atomic E-state index is 13.0. The van der Waals surface area contributed by atoms with Crippen molar-refractivity contribution in [2.45, 2.75) is 43.4 Å². The number of anilines is 2. The molecule has 0 bridgehead atoms. The van der Waals surface area contributed by atoms with Crippen LogP contribution in [0.25, 0.3) is 0 Å². The van der Waals surface area contributed by atoms with Crippen molar-refractivity contribution in [2.75, 3.05) is 23.7 Å². The Labute approximate surface area is 176 Å². The molecule has 0 radical (unpaired) electrons. The summed E-state index contributed by atoms with van der Waals surface area (Å²) in [6.07, 6.45) is 4.82. The van der Waals surface area contributed by atoms with Crippen LogP contribution in [0.5, 0.6) is 0 Å². The van der Waals surface area contributed by atoms with Gasteiger partial charge in [0.05, 0.1) is 4.90 Å². The molecule has 2 heterocycles. The van der Waals surface area contributed by atoms with E-state index in [0.29, 0.717) is 37.2 Å². The summed E-state index contributed by atoms with van der Waals surface area (Å²) in [5, 5.41) is 5.59. The smallest absolute Gasteiger partial charge is 0.255 e. The highest BCUT2D eigenvalue weighted by Gasteiger charge is 2.25. The third kappa shape index (κ3) is 4.39. The second-order valence-corrected chi connectivity index (χ2v) is 9.66. The Morgan fingerprint density at radius 2 is 1.73 bits per heavy atom. The molecule has 2 amide bonds. The molecule has 158 valence electrons. The average Bonchev–Trinajstić information content (AvgIpc) is 3.04. The summed E-state index contributed by atoms with van der Waals surface area (Å²) in [5.74, 6) is -0.346. The van der Waals surface area contributed by atoms with Crippen molar-refractivity contribution in [1.82, 2.24) is 4.31 Å². The maximum Gasteiger partial charge on any atom is 0.255 e. The fraction of sp³-hybridized carbons (Fsp3) is 0.364. The minimum atomic E-state index is -3.58. The van der Waals surface area contributed by atoms with Gasteiger partial charge in [0.2, 0.25) is 15.9 Å². The molecule has 2 N–H and O–H groups in total. The zero-order chi connectivity index (χ0) is 21.1. The topological polar surface area (TPSA) is 95.6 Å². The normalized spacial score (nSPS) is 17.5. The summed E-state index contributed by atoms with van der Waals surface area (Å²) < 4.78 is 27.6. The number of rotatable bonds is 4. The van der Waals surface area contributed by atoms with Crippen LogP contribution >= 0.6 is 0 Å². The molecular weight excluding hydrogens is 402 g/mol. The molecule has 0 aromatic heterocycles. The molecule has 1 saturated heterocycles. The first-order valence-corrected chi connectivity index (χ1v) is 11.7. The van der Waals surface area contributed by atoms with Crippen molar-refractivity contribution in [3.8, 4) is 0 Å². The van der Waals surface area contributed by atoms with Crippen LogP contribution in [0.15, 0.2) is 47.4 Å². The number of fused-ring (bicyclic) bond motifs is 1. The van der Waals surface area contributed by atoms with Gasteiger partial charge in [0, 0.05) is 36.4 Å². The van der Waals surface area contributed by atoms with Gasteiger partial charge in [-0.1, -0.05) is 18.9 Å². The molecule has 30 heavy (non-hydrogen) atoms. The van der Waals surface area contributed by atoms with E-state index in [0.717, 1.165) is 36.9 Å². The van der Waals surface area contributed by atoms with Crippen LogP contribution in [0, 0.1) is 0 Å². The van der Waals surface area contributed by atoms with Gasteiger partial charge in [0.1, 0.15) is 0 Å². The molecule has 2 aromatic rings. The molecule has 4 rings (SSSR count). The van der Waals surface area contributed by atoms with E-state index in [1.54, 1.807) is 40.7 Å². The van der Waals surface area contributed by atoms with E-state index in [1.807, 2.05) is 0 Å². The number of nitrogens with one attached hydrogen (secondary N) is 2. The van der Waals surface area contributed by atoms with Crippen molar-refractivity contribution >= 4 is 33.2 Å². The second-order valence-electron chi connectivity index (χ2n) is 7.72. The van der Waals surface area contributed by atoms with Crippen LogP contribution in [0.1, 0.15) is 48.0 Å². The van der Waals surface area contributed by atoms with Gasteiger partial charge < -0.3 is 10.6 Å². The van der Waals surface area contributed by atoms with Gasteiger partial charge >= 0.3 is 0 Å². The van der Waals surface area contributed by atoms with Crippen molar-refractivity contribution < 1.29 is 18.0 Å². The molecule has 8 heteroatoms. The number of carbonyl (C=O) groups is 2. The van der Waals surface area contributed by atoms with Crippen LogP contribution in [0.2, 0.25) is 0 Å². The molecular formula is C22H25N3O4S. The molecule has 0 atom stereocenters. The van der Waals surface area contributed by atoms with Crippen LogP contribution in [-0.2, 0) is 21.2 Å². The highest BCUT2D eigenvalue weighted by molar-refractivity contribution is 7.89. The van der Waals surface area contributed by atoms with Gasteiger partial charge in [-0.15, -0.1) is 0 Å². The summed E-state index contributed by atoms with van der Waals surface area (Å²) in [7, 11) is -3.58. The second kappa shape index (κ2) is 8.57. The monoisotopic (exact) mass is 427 g/mol. The molecule has 0 saturated carbocycles. The fourth-order valence-corrected chi connectivity index (χ4v) is 5.46. The van der Waals surface area contributed by atoms with Gasteiger partial charge in [-0.25, -0.2) is 8.42 Å². The number of amides is 2. The summed E-state index contributed by atoms with van der Waals surface area (Å²) in [6.45, 7) is 1.06. The van der Waals surface area contributed by atoms with Crippen molar-refractivity contribution in [1.29, 1.82) is 0 Å². The first-order valence-electron chi connectivity index (χ1n) is 10.3. The van der Waals surface area contributed by atoms with Gasteiger partial charge in [-0.05, 0) is 61.2 Å². The Hall–Kier alpha value is -2.71. The Bertz CT molecular complexity index is 1070. The Kier molecular flexibility index (Phi) is 5.87. The molecule has 1 fully saturated rings. The lowest BCUT2D eigenvalue weighted by Crippen LogP contribution is -2.32. The summed E-state index contributed by atoms with van der Waals surface area (Å²) in [4.78, 5) is 24.4. The van der Waals surface area contributed by atoms with Gasteiger partial charge in [0.25, 0.3) is 5.91 Å². The Morgan fingerprint density at radius 1 is 0.967 bits per heavy atom. The third-order valence-electron chi connectivity index (χ3n) is 5.56. The van der Waals surface area contributed by atoms with E-state index in [2.05, 4.69) is 10.6 Å². The van der Waals surface area contributed by atoms with Crippen LogP contribution in [-0.4, -0.2) is 37.6 Å². The van der Waals surface area contributed by atoms with Gasteiger partial charge in [-0.2, -0.15) is 4.31 Å². The summed E-state index contributed by atoms with van der Waals surface area (Å²) >= 11 is 0. The molecule has 0 aliphatic carbocycles. The Morgan fingerprint density at radius 3 is 2.50 bits per heavy atom. The number of sulfonamides is 1. The van der Waals surface area contributed by atoms with Gasteiger partial charge in [0.15, 0.2) is 0 Å². The summed E-state index contributed by atoms with van der Waals surface area (Å²) in [6, 6.07) is 11.5. The number of nitrogens with zero attached hydrogens (tertiary/aromatic N) is 1. The third-order valence-corrected chi connectivity index (χ3v) is 7.45. The van der Waals surface area contributed by atoms with Crippen molar-refractivity contribution in [3.05, 3.63) is 53.6 Å². The van der Waals surface area contributed by atoms with Crippen molar-refractivity contribution in [2.24, 2.45) is 0 Å². The van der Waals surface area contributed by atoms with Gasteiger partial charge in [-0.3, -0.25) is 9.59 Å². The number of carbonyl (C=O) groups excluding carboxylic acids is 2. The average molecular weight is 428 g/mol. The van der Waals surface area contributed by atoms with E-state index >= 15 is 0 Å². The lowest BCUT2D eigenvalue weighted by Gasteiger charge is -2.20. The zero-order valence-corrected chi connectivity index (χ0v) is 17.5. The lowest BCUT2D eigenvalue weighted by atomic mass is 10.00. The standard InChI is InChI=1S/C22H25N3O4S/c26-21-11-9-16-14-17(8-10-20(16)24-21)22(27)23-18-6-5-7-19(15-18)30(28,29)25-12-3-1-2-4-13-25/h5-8,10,14-15H,1-4,9,11-13H2,(H,23,27)(H,24,26). The van der Waals surface area contributed by atoms with E-state index in [4.69, 9.17) is 0 Å². The van der Waals surface area contributed by atoms with E-state index in [-0.39, 0.29) is 16.7 Å². The first-order chi connectivity index (χ1) is 14.4. The minimum Gasteiger partial charge on any atom is -0.326 e. The molecule has 2 aliphatic heterocycles. The number of benzene rings is 2. The fourth-order valence-electron chi connectivity index (χ4n) is 3.89. The van der Waals surface area contributed by atoms with Crippen LogP contribution in [0.3, 0.4) is 0 Å². The van der Waals surface area contributed by atoms with Crippen LogP contribution < -0.4 is 10.6 Å². The number of hydrogen-bond donors (Lipinski definition) is 2. The van der Waals surface area contributed by atoms with Crippen molar-refractivity contribution in [3.63, 3.8) is 0 Å². The van der Waals surface area contributed by atoms with E-state index in [1.165, 1.54) is 6.07 Å². The number of aryl methyl sites for hydroxylation is 1. The minimum absolute atomic E-state index is 0.0258. The predicted octanol–water partition coefficient (Wildman–Crippen LogP) is 3.39. The molecule has 0 spiro atoms. The predicted molar refractivity (Wildman–Crippen MR) is 115 cm³/mol. The molecule has 0 unspecified atom stereocenters.